The molecule has 17 heavy (non-hydrogen) atoms. The number of benzene rings is 1. The molecule has 1 aromatic rings. The molecule has 0 radical (unpaired) electrons. The number of phenolic OH excluding ortho intramolecular Hbond substituents is 1. The van der Waals surface area contributed by atoms with Gasteiger partial charge in [0, 0.05) is 11.6 Å². The number of phenols is 1. The van der Waals surface area contributed by atoms with E-state index in [2.05, 4.69) is 6.58 Å². The van der Waals surface area contributed by atoms with Gasteiger partial charge in [-0.05, 0) is 18.6 Å². The molecule has 0 aromatic heterocycles. The molecule has 1 rings (SSSR count). The molecule has 0 saturated carbocycles. The molecule has 0 heterocycles. The first-order valence-corrected chi connectivity index (χ1v) is 4.90. The van der Waals surface area contributed by atoms with E-state index in [9.17, 15) is 9.59 Å². The van der Waals surface area contributed by atoms with E-state index in [4.69, 9.17) is 14.9 Å². The molecule has 0 unspecified atom stereocenters. The van der Waals surface area contributed by atoms with Gasteiger partial charge in [0.05, 0.1) is 6.42 Å². The normalized spacial score (nSPS) is 9.65. The van der Waals surface area contributed by atoms with Gasteiger partial charge in [0.15, 0.2) is 0 Å². The lowest BCUT2D eigenvalue weighted by atomic mass is 10.2. The molecule has 0 amide bonds. The quantitative estimate of drug-likeness (QED) is 0.462. The van der Waals surface area contributed by atoms with E-state index in [0.717, 1.165) is 0 Å². The number of aliphatic carboxylic acids is 1. The zero-order valence-corrected chi connectivity index (χ0v) is 9.05. The Hall–Kier alpha value is -2.30. The minimum atomic E-state index is -1.13. The Morgan fingerprint density at radius 3 is 2.59 bits per heavy atom. The number of carbonyl (C=O) groups excluding carboxylic acids is 1. The van der Waals surface area contributed by atoms with E-state index in [0.29, 0.717) is 0 Å². The van der Waals surface area contributed by atoms with Gasteiger partial charge < -0.3 is 14.9 Å². The minimum absolute atomic E-state index is 0.00903. The summed E-state index contributed by atoms with van der Waals surface area (Å²) < 4.78 is 4.89. The van der Waals surface area contributed by atoms with Crippen LogP contribution in [0, 0.1) is 0 Å². The number of aromatic hydroxyl groups is 1. The van der Waals surface area contributed by atoms with E-state index in [1.807, 2.05) is 0 Å². The van der Waals surface area contributed by atoms with Gasteiger partial charge >= 0.3 is 11.9 Å². The van der Waals surface area contributed by atoms with Gasteiger partial charge in [0.25, 0.3) is 0 Å². The van der Waals surface area contributed by atoms with Crippen LogP contribution in [0.2, 0.25) is 0 Å². The summed E-state index contributed by atoms with van der Waals surface area (Å²) in [6.45, 7) is 3.30. The fourth-order valence-electron chi connectivity index (χ4n) is 1.09. The molecule has 0 bridgehead atoms. The molecule has 0 saturated heterocycles. The predicted molar refractivity (Wildman–Crippen MR) is 59.8 cm³/mol. The van der Waals surface area contributed by atoms with E-state index < -0.39 is 11.9 Å². The molecule has 90 valence electrons. The van der Waals surface area contributed by atoms with E-state index in [1.54, 1.807) is 0 Å². The zero-order chi connectivity index (χ0) is 12.8. The maximum Gasteiger partial charge on any atom is 0.330 e. The third kappa shape index (κ3) is 4.38. The Bertz CT molecular complexity index is 450. The first-order valence-electron chi connectivity index (χ1n) is 4.90. The van der Waals surface area contributed by atoms with E-state index >= 15 is 0 Å². The second kappa shape index (κ2) is 5.69. The lowest BCUT2D eigenvalue weighted by Crippen LogP contribution is -2.09. The van der Waals surface area contributed by atoms with Crippen LogP contribution in [0.25, 0.3) is 0 Å². The van der Waals surface area contributed by atoms with Gasteiger partial charge in [-0.25, -0.2) is 4.79 Å². The van der Waals surface area contributed by atoms with Crippen LogP contribution in [0.4, 0.5) is 0 Å². The fourth-order valence-corrected chi connectivity index (χ4v) is 1.09. The minimum Gasteiger partial charge on any atom is -0.508 e. The van der Waals surface area contributed by atoms with Crippen LogP contribution in [-0.4, -0.2) is 22.2 Å². The van der Waals surface area contributed by atoms with Crippen molar-refractivity contribution < 1.29 is 24.5 Å². The van der Waals surface area contributed by atoms with Crippen molar-refractivity contribution >= 4 is 11.9 Å². The summed E-state index contributed by atoms with van der Waals surface area (Å²) in [5.74, 6) is -1.49. The van der Waals surface area contributed by atoms with Crippen LogP contribution in [0.5, 0.6) is 11.5 Å². The standard InChI is InChI=1S/C12H12O5/c1-8(12(15)16)5-6-11(14)17-10-4-2-3-9(13)7-10/h2-4,7,13H,1,5-6H2,(H,15,16). The molecular formula is C12H12O5. The lowest BCUT2D eigenvalue weighted by molar-refractivity contribution is -0.134. The van der Waals surface area contributed by atoms with Gasteiger partial charge in [-0.3, -0.25) is 4.79 Å². The van der Waals surface area contributed by atoms with Crippen molar-refractivity contribution in [3.8, 4) is 11.5 Å². The number of carbonyl (C=O) groups is 2. The highest BCUT2D eigenvalue weighted by Gasteiger charge is 2.09. The van der Waals surface area contributed by atoms with E-state index in [-0.39, 0.29) is 29.9 Å². The highest BCUT2D eigenvalue weighted by molar-refractivity contribution is 5.86. The van der Waals surface area contributed by atoms with Gasteiger partial charge in [0.2, 0.25) is 0 Å². The average Bonchev–Trinajstić information content (AvgIpc) is 2.25. The smallest absolute Gasteiger partial charge is 0.330 e. The molecule has 5 nitrogen and oxygen atoms in total. The van der Waals surface area contributed by atoms with Crippen LogP contribution in [0.3, 0.4) is 0 Å². The number of hydrogen-bond acceptors (Lipinski definition) is 4. The van der Waals surface area contributed by atoms with Crippen molar-refractivity contribution in [2.24, 2.45) is 0 Å². The Kier molecular flexibility index (Phi) is 4.28. The van der Waals surface area contributed by atoms with Gasteiger partial charge in [-0.15, -0.1) is 0 Å². The predicted octanol–water partition coefficient (Wildman–Crippen LogP) is 1.72. The first kappa shape index (κ1) is 12.8. The Balaban J connectivity index is 2.45. The maximum absolute atomic E-state index is 11.3. The highest BCUT2D eigenvalue weighted by Crippen LogP contribution is 2.18. The Morgan fingerprint density at radius 1 is 1.29 bits per heavy atom. The summed E-state index contributed by atoms with van der Waals surface area (Å²) in [5.41, 5.74) is -0.0436. The molecular weight excluding hydrogens is 224 g/mol. The summed E-state index contributed by atoms with van der Waals surface area (Å²) in [5, 5.41) is 17.7. The topological polar surface area (TPSA) is 83.8 Å². The third-order valence-corrected chi connectivity index (χ3v) is 1.98. The van der Waals surface area contributed by atoms with Crippen LogP contribution < -0.4 is 4.74 Å². The van der Waals surface area contributed by atoms with Crippen molar-refractivity contribution in [2.75, 3.05) is 0 Å². The number of rotatable bonds is 5. The third-order valence-electron chi connectivity index (χ3n) is 1.98. The SMILES string of the molecule is C=C(CCC(=O)Oc1cccc(O)c1)C(=O)O. The van der Waals surface area contributed by atoms with Crippen molar-refractivity contribution in [2.45, 2.75) is 12.8 Å². The molecule has 0 aliphatic carbocycles. The zero-order valence-electron chi connectivity index (χ0n) is 9.05. The molecule has 1 aromatic carbocycles. The average molecular weight is 236 g/mol. The fraction of sp³-hybridized carbons (Fsp3) is 0.167. The second-order valence-electron chi connectivity index (χ2n) is 3.38. The van der Waals surface area contributed by atoms with Crippen molar-refractivity contribution in [3.63, 3.8) is 0 Å². The molecule has 0 spiro atoms. The molecule has 0 atom stereocenters. The lowest BCUT2D eigenvalue weighted by Gasteiger charge is -2.04. The summed E-state index contributed by atoms with van der Waals surface area (Å²) in [6, 6.07) is 5.80. The highest BCUT2D eigenvalue weighted by atomic mass is 16.5. The number of carboxylic acid groups (broad SMARTS) is 1. The Morgan fingerprint density at radius 2 is 2.00 bits per heavy atom. The first-order chi connectivity index (χ1) is 7.99. The van der Waals surface area contributed by atoms with Crippen LogP contribution in [-0.2, 0) is 9.59 Å². The van der Waals surface area contributed by atoms with E-state index in [1.165, 1.54) is 24.3 Å². The molecule has 2 N–H and O–H groups in total. The molecule has 0 fully saturated rings. The molecule has 0 aliphatic heterocycles. The van der Waals surface area contributed by atoms with Crippen molar-refractivity contribution in [3.05, 3.63) is 36.4 Å². The number of carboxylic acids is 1. The number of esters is 1. The monoisotopic (exact) mass is 236 g/mol. The van der Waals surface area contributed by atoms with Crippen LogP contribution in [0.1, 0.15) is 12.8 Å². The maximum atomic E-state index is 11.3. The van der Waals surface area contributed by atoms with Gasteiger partial charge in [0.1, 0.15) is 11.5 Å². The summed E-state index contributed by atoms with van der Waals surface area (Å²) in [4.78, 5) is 21.7. The van der Waals surface area contributed by atoms with Crippen LogP contribution in [0.15, 0.2) is 36.4 Å². The van der Waals surface area contributed by atoms with Gasteiger partial charge in [-0.2, -0.15) is 0 Å². The number of ether oxygens (including phenoxy) is 1. The van der Waals surface area contributed by atoms with Crippen LogP contribution >= 0.6 is 0 Å². The van der Waals surface area contributed by atoms with Crippen molar-refractivity contribution in [1.29, 1.82) is 0 Å². The largest absolute Gasteiger partial charge is 0.508 e. The summed E-state index contributed by atoms with van der Waals surface area (Å²) in [6.07, 6.45) is -0.0340. The summed E-state index contributed by atoms with van der Waals surface area (Å²) >= 11 is 0. The summed E-state index contributed by atoms with van der Waals surface area (Å²) in [7, 11) is 0. The molecule has 0 aliphatic rings. The Labute approximate surface area is 98.0 Å². The molecule has 5 heteroatoms. The van der Waals surface area contributed by atoms with Crippen molar-refractivity contribution in [1.82, 2.24) is 0 Å². The number of hydrogen-bond donors (Lipinski definition) is 2. The second-order valence-corrected chi connectivity index (χ2v) is 3.38. The van der Waals surface area contributed by atoms with Gasteiger partial charge in [-0.1, -0.05) is 12.6 Å².